The van der Waals surface area contributed by atoms with Crippen LogP contribution in [0.5, 0.6) is 11.6 Å². The minimum Gasteiger partial charge on any atom is -0.439 e. The molecule has 0 aliphatic heterocycles. The highest BCUT2D eigenvalue weighted by atomic mass is 16.5. The maximum absolute atomic E-state index is 11.3. The van der Waals surface area contributed by atoms with Crippen LogP contribution in [-0.4, -0.2) is 22.5 Å². The summed E-state index contributed by atoms with van der Waals surface area (Å²) in [5.74, 6) is 0.985. The molecule has 1 N–H and O–H groups in total. The van der Waals surface area contributed by atoms with Crippen molar-refractivity contribution < 1.29 is 14.6 Å². The number of benzene rings is 1. The van der Waals surface area contributed by atoms with Gasteiger partial charge in [0.05, 0.1) is 0 Å². The second-order valence-electron chi connectivity index (χ2n) is 4.12. The third-order valence-electron chi connectivity index (χ3n) is 2.71. The summed E-state index contributed by atoms with van der Waals surface area (Å²) in [6, 6.07) is 10.7. The normalized spacial score (nSPS) is 10.2. The second kappa shape index (κ2) is 6.11. The Labute approximate surface area is 111 Å². The van der Waals surface area contributed by atoms with Gasteiger partial charge >= 0.3 is 0 Å². The summed E-state index contributed by atoms with van der Waals surface area (Å²) in [4.78, 5) is 15.4. The van der Waals surface area contributed by atoms with Crippen LogP contribution >= 0.6 is 0 Å². The van der Waals surface area contributed by atoms with Gasteiger partial charge in [-0.3, -0.25) is 4.79 Å². The Morgan fingerprint density at radius 2 is 2.11 bits per heavy atom. The molecule has 0 saturated heterocycles. The molecule has 0 atom stereocenters. The molecule has 0 amide bonds. The van der Waals surface area contributed by atoms with Gasteiger partial charge in [-0.15, -0.1) is 0 Å². The molecule has 1 aromatic heterocycles. The summed E-state index contributed by atoms with van der Waals surface area (Å²) < 4.78 is 5.68. The number of carbonyl (C=O) groups excluding carboxylic acids is 1. The van der Waals surface area contributed by atoms with Gasteiger partial charge in [0.25, 0.3) is 0 Å². The maximum atomic E-state index is 11.3. The lowest BCUT2D eigenvalue weighted by atomic mass is 10.1. The van der Waals surface area contributed by atoms with E-state index in [1.807, 2.05) is 24.3 Å². The monoisotopic (exact) mass is 257 g/mol. The average molecular weight is 257 g/mol. The first-order valence-corrected chi connectivity index (χ1v) is 6.04. The molecule has 0 unspecified atom stereocenters. The Morgan fingerprint density at radius 1 is 1.32 bits per heavy atom. The molecule has 0 saturated carbocycles. The summed E-state index contributed by atoms with van der Waals surface area (Å²) in [6.45, 7) is 1.56. The van der Waals surface area contributed by atoms with Gasteiger partial charge in [-0.2, -0.15) is 0 Å². The van der Waals surface area contributed by atoms with Crippen LogP contribution in [-0.2, 0) is 6.42 Å². The molecule has 2 aromatic rings. The first-order valence-electron chi connectivity index (χ1n) is 6.04. The summed E-state index contributed by atoms with van der Waals surface area (Å²) in [5, 5.41) is 9.01. The first kappa shape index (κ1) is 13.2. The molecule has 0 spiro atoms. The summed E-state index contributed by atoms with van der Waals surface area (Å²) in [6.07, 6.45) is 2.06. The number of hydrogen-bond acceptors (Lipinski definition) is 4. The maximum Gasteiger partial charge on any atom is 0.219 e. The lowest BCUT2D eigenvalue weighted by Crippen LogP contribution is -1.98. The number of rotatable bonds is 5. The largest absolute Gasteiger partial charge is 0.439 e. The van der Waals surface area contributed by atoms with E-state index in [2.05, 4.69) is 4.98 Å². The fourth-order valence-corrected chi connectivity index (χ4v) is 1.73. The number of carbonyl (C=O) groups is 1. The van der Waals surface area contributed by atoms with Crippen molar-refractivity contribution in [2.24, 2.45) is 0 Å². The highest BCUT2D eigenvalue weighted by Crippen LogP contribution is 2.24. The zero-order valence-electron chi connectivity index (χ0n) is 10.7. The van der Waals surface area contributed by atoms with Crippen LogP contribution in [0, 0.1) is 0 Å². The molecule has 0 aliphatic rings. The van der Waals surface area contributed by atoms with Crippen molar-refractivity contribution in [2.75, 3.05) is 6.61 Å². The average Bonchev–Trinajstić information content (AvgIpc) is 2.41. The van der Waals surface area contributed by atoms with Gasteiger partial charge in [0.2, 0.25) is 5.88 Å². The summed E-state index contributed by atoms with van der Waals surface area (Å²) in [5.41, 5.74) is 1.46. The molecule has 2 rings (SSSR count). The standard InChI is InChI=1S/C15H15NO3/c1-11(18)13-6-8-16-15(10-13)19-14-5-3-2-4-12(14)7-9-17/h2-6,8,10,17H,7,9H2,1H3. The molecular weight excluding hydrogens is 242 g/mol. The van der Waals surface area contributed by atoms with Gasteiger partial charge in [-0.25, -0.2) is 4.98 Å². The SMILES string of the molecule is CC(=O)c1ccnc(Oc2ccccc2CCO)c1. The molecule has 0 radical (unpaired) electrons. The summed E-state index contributed by atoms with van der Waals surface area (Å²) in [7, 11) is 0. The van der Waals surface area contributed by atoms with E-state index >= 15 is 0 Å². The topological polar surface area (TPSA) is 59.4 Å². The van der Waals surface area contributed by atoms with Crippen LogP contribution in [0.15, 0.2) is 42.6 Å². The van der Waals surface area contributed by atoms with Crippen LogP contribution in [0.25, 0.3) is 0 Å². The van der Waals surface area contributed by atoms with Gasteiger partial charge in [0.1, 0.15) is 5.75 Å². The zero-order chi connectivity index (χ0) is 13.7. The Morgan fingerprint density at radius 3 is 2.84 bits per heavy atom. The molecule has 0 bridgehead atoms. The van der Waals surface area contributed by atoms with Crippen LogP contribution in [0.2, 0.25) is 0 Å². The highest BCUT2D eigenvalue weighted by molar-refractivity contribution is 5.94. The van der Waals surface area contributed by atoms with Crippen molar-refractivity contribution >= 4 is 5.78 Å². The van der Waals surface area contributed by atoms with E-state index in [9.17, 15) is 4.79 Å². The molecule has 1 aromatic carbocycles. The fourth-order valence-electron chi connectivity index (χ4n) is 1.73. The minimum absolute atomic E-state index is 0.0316. The zero-order valence-corrected chi connectivity index (χ0v) is 10.7. The van der Waals surface area contributed by atoms with E-state index in [1.54, 1.807) is 18.3 Å². The minimum atomic E-state index is -0.0316. The molecule has 1 heterocycles. The second-order valence-corrected chi connectivity index (χ2v) is 4.12. The lowest BCUT2D eigenvalue weighted by Gasteiger charge is -2.09. The van der Waals surface area contributed by atoms with E-state index in [0.717, 1.165) is 5.56 Å². The number of aliphatic hydroxyl groups excluding tert-OH is 1. The van der Waals surface area contributed by atoms with Gasteiger partial charge in [-0.05, 0) is 31.0 Å². The van der Waals surface area contributed by atoms with E-state index < -0.39 is 0 Å². The molecule has 98 valence electrons. The predicted molar refractivity (Wildman–Crippen MR) is 71.5 cm³/mol. The number of aliphatic hydroxyl groups is 1. The number of ether oxygens (including phenoxy) is 1. The van der Waals surface area contributed by atoms with Crippen LogP contribution < -0.4 is 4.74 Å². The Kier molecular flexibility index (Phi) is 4.26. The van der Waals surface area contributed by atoms with Gasteiger partial charge in [-0.1, -0.05) is 18.2 Å². The van der Waals surface area contributed by atoms with E-state index in [4.69, 9.17) is 9.84 Å². The molecule has 19 heavy (non-hydrogen) atoms. The number of ketones is 1. The molecule has 4 nitrogen and oxygen atoms in total. The van der Waals surface area contributed by atoms with Crippen molar-refractivity contribution in [2.45, 2.75) is 13.3 Å². The smallest absolute Gasteiger partial charge is 0.219 e. The van der Waals surface area contributed by atoms with Crippen molar-refractivity contribution in [3.63, 3.8) is 0 Å². The van der Waals surface area contributed by atoms with E-state index in [0.29, 0.717) is 23.6 Å². The molecule has 0 fully saturated rings. The quantitative estimate of drug-likeness (QED) is 0.836. The molecule has 4 heteroatoms. The number of hydrogen-bond donors (Lipinski definition) is 1. The number of Topliss-reactive ketones (excluding diaryl/α,β-unsaturated/α-hetero) is 1. The Balaban J connectivity index is 2.26. The van der Waals surface area contributed by atoms with Crippen molar-refractivity contribution in [3.05, 3.63) is 53.7 Å². The number of pyridine rings is 1. The predicted octanol–water partition coefficient (Wildman–Crippen LogP) is 2.61. The number of aromatic nitrogens is 1. The Bertz CT molecular complexity index is 581. The third kappa shape index (κ3) is 3.39. The van der Waals surface area contributed by atoms with Crippen molar-refractivity contribution in [1.29, 1.82) is 0 Å². The van der Waals surface area contributed by atoms with Crippen LogP contribution in [0.1, 0.15) is 22.8 Å². The van der Waals surface area contributed by atoms with Crippen LogP contribution in [0.3, 0.4) is 0 Å². The van der Waals surface area contributed by atoms with E-state index in [1.165, 1.54) is 6.92 Å². The van der Waals surface area contributed by atoms with E-state index in [-0.39, 0.29) is 12.4 Å². The number of nitrogens with zero attached hydrogens (tertiary/aromatic N) is 1. The highest BCUT2D eigenvalue weighted by Gasteiger charge is 2.07. The summed E-state index contributed by atoms with van der Waals surface area (Å²) >= 11 is 0. The van der Waals surface area contributed by atoms with Gasteiger partial charge in [0.15, 0.2) is 5.78 Å². The first-order chi connectivity index (χ1) is 9.20. The van der Waals surface area contributed by atoms with Gasteiger partial charge < -0.3 is 9.84 Å². The molecule has 0 aliphatic carbocycles. The van der Waals surface area contributed by atoms with Gasteiger partial charge in [0, 0.05) is 24.4 Å². The Hall–Kier alpha value is -2.20. The van der Waals surface area contributed by atoms with Crippen molar-refractivity contribution in [1.82, 2.24) is 4.98 Å². The fraction of sp³-hybridized carbons (Fsp3) is 0.200. The van der Waals surface area contributed by atoms with Crippen LogP contribution in [0.4, 0.5) is 0 Å². The molecular formula is C15H15NO3. The van der Waals surface area contributed by atoms with Crippen molar-refractivity contribution in [3.8, 4) is 11.6 Å². The number of para-hydroxylation sites is 1. The lowest BCUT2D eigenvalue weighted by molar-refractivity contribution is 0.101. The third-order valence-corrected chi connectivity index (χ3v) is 2.71.